The molecule has 22 heavy (non-hydrogen) atoms. The number of fused-ring (bicyclic) bond motifs is 1. The summed E-state index contributed by atoms with van der Waals surface area (Å²) in [6, 6.07) is 6.90. The van der Waals surface area contributed by atoms with Crippen LogP contribution in [0, 0.1) is 12.7 Å². The summed E-state index contributed by atoms with van der Waals surface area (Å²) in [6.45, 7) is 7.73. The van der Waals surface area contributed by atoms with E-state index in [0.29, 0.717) is 5.75 Å². The molecule has 0 radical (unpaired) electrons. The Balaban J connectivity index is 0.000000847. The molecule has 0 atom stereocenters. The summed E-state index contributed by atoms with van der Waals surface area (Å²) < 4.78 is 19.4. The first-order valence-electron chi connectivity index (χ1n) is 7.72. The van der Waals surface area contributed by atoms with Crippen molar-refractivity contribution in [1.82, 2.24) is 9.88 Å². The smallest absolute Gasteiger partial charge is 0.165 e. The van der Waals surface area contributed by atoms with Crippen LogP contribution in [0.1, 0.15) is 30.7 Å². The van der Waals surface area contributed by atoms with Crippen LogP contribution in [-0.4, -0.2) is 23.5 Å². The Labute approximate surface area is 131 Å². The number of hydrogen-bond donors (Lipinski definition) is 0. The minimum absolute atomic E-state index is 0.238. The van der Waals surface area contributed by atoms with Crippen LogP contribution in [0.5, 0.6) is 11.5 Å². The molecule has 3 nitrogen and oxygen atoms in total. The van der Waals surface area contributed by atoms with E-state index in [4.69, 9.17) is 4.74 Å². The average Bonchev–Trinajstić information content (AvgIpc) is 2.52. The highest BCUT2D eigenvalue weighted by Gasteiger charge is 2.15. The van der Waals surface area contributed by atoms with Crippen molar-refractivity contribution < 1.29 is 9.13 Å². The topological polar surface area (TPSA) is 25.4 Å². The van der Waals surface area contributed by atoms with Crippen LogP contribution >= 0.6 is 0 Å². The minimum Gasteiger partial charge on any atom is -0.453 e. The lowest BCUT2D eigenvalue weighted by Gasteiger charge is -2.24. The zero-order valence-corrected chi connectivity index (χ0v) is 13.7. The number of likely N-dealkylation sites (N-methyl/N-ethyl adjacent to an activating group) is 1. The molecule has 0 N–H and O–H groups in total. The highest BCUT2D eigenvalue weighted by atomic mass is 19.1. The third-order valence-electron chi connectivity index (χ3n) is 3.52. The predicted octanol–water partition coefficient (Wildman–Crippen LogP) is 4.34. The van der Waals surface area contributed by atoms with Gasteiger partial charge in [-0.15, -0.1) is 0 Å². The van der Waals surface area contributed by atoms with Gasteiger partial charge in [0.1, 0.15) is 5.75 Å². The van der Waals surface area contributed by atoms with Gasteiger partial charge in [-0.2, -0.15) is 0 Å². The second-order valence-corrected chi connectivity index (χ2v) is 5.30. The van der Waals surface area contributed by atoms with Crippen LogP contribution in [0.3, 0.4) is 0 Å². The molecule has 1 aromatic carbocycles. The molecule has 4 heteroatoms. The second-order valence-electron chi connectivity index (χ2n) is 5.30. The summed E-state index contributed by atoms with van der Waals surface area (Å²) in [7, 11) is 2.08. The summed E-state index contributed by atoms with van der Waals surface area (Å²) in [5, 5.41) is 0. The highest BCUT2D eigenvalue weighted by Crippen LogP contribution is 2.27. The molecular formula is C18H23FN2O. The normalized spacial score (nSPS) is 13.9. The van der Waals surface area contributed by atoms with E-state index in [0.717, 1.165) is 36.3 Å². The van der Waals surface area contributed by atoms with E-state index < -0.39 is 0 Å². The van der Waals surface area contributed by atoms with Gasteiger partial charge in [-0.25, -0.2) is 4.39 Å². The molecule has 2 aromatic rings. The Morgan fingerprint density at radius 1 is 1.23 bits per heavy atom. The van der Waals surface area contributed by atoms with Crippen LogP contribution in [0.25, 0.3) is 0 Å². The van der Waals surface area contributed by atoms with Crippen molar-refractivity contribution in [3.63, 3.8) is 0 Å². The van der Waals surface area contributed by atoms with Gasteiger partial charge in [-0.3, -0.25) is 4.98 Å². The van der Waals surface area contributed by atoms with Gasteiger partial charge in [0.2, 0.25) is 0 Å². The molecule has 1 aliphatic rings. The molecule has 3 rings (SSSR count). The third-order valence-corrected chi connectivity index (χ3v) is 3.52. The summed E-state index contributed by atoms with van der Waals surface area (Å²) in [5.74, 6) is 0.475. The van der Waals surface area contributed by atoms with E-state index in [1.165, 1.54) is 6.07 Å². The highest BCUT2D eigenvalue weighted by molar-refractivity contribution is 5.36. The number of nitrogens with zero attached hydrogens (tertiary/aromatic N) is 2. The Bertz CT molecular complexity index is 643. The lowest BCUT2D eigenvalue weighted by Crippen LogP contribution is -2.27. The molecule has 2 heterocycles. The number of benzene rings is 1. The van der Waals surface area contributed by atoms with Crippen molar-refractivity contribution in [2.24, 2.45) is 0 Å². The van der Waals surface area contributed by atoms with Gasteiger partial charge in [0.15, 0.2) is 11.6 Å². The molecule has 0 aliphatic carbocycles. The van der Waals surface area contributed by atoms with Crippen molar-refractivity contribution in [2.75, 3.05) is 13.6 Å². The van der Waals surface area contributed by atoms with Crippen molar-refractivity contribution in [3.8, 4) is 11.5 Å². The SMILES string of the molecule is CC.Cc1ccc(Oc2cnc3c(c2)CN(C)CC3)c(F)c1. The number of halogens is 1. The molecule has 118 valence electrons. The fraction of sp³-hybridized carbons (Fsp3) is 0.389. The van der Waals surface area contributed by atoms with E-state index in [-0.39, 0.29) is 11.6 Å². The zero-order valence-electron chi connectivity index (χ0n) is 13.7. The molecule has 0 fully saturated rings. The first kappa shape index (κ1) is 16.4. The quantitative estimate of drug-likeness (QED) is 0.825. The molecule has 0 unspecified atom stereocenters. The van der Waals surface area contributed by atoms with Gasteiger partial charge in [-0.05, 0) is 43.3 Å². The molecule has 0 amide bonds. The van der Waals surface area contributed by atoms with Gasteiger partial charge < -0.3 is 9.64 Å². The van der Waals surface area contributed by atoms with Crippen LogP contribution in [0.15, 0.2) is 30.5 Å². The predicted molar refractivity (Wildman–Crippen MR) is 86.8 cm³/mol. The first-order chi connectivity index (χ1) is 10.6. The molecule has 0 saturated carbocycles. The van der Waals surface area contributed by atoms with Gasteiger partial charge in [-0.1, -0.05) is 19.9 Å². The lowest BCUT2D eigenvalue weighted by molar-refractivity contribution is 0.308. The van der Waals surface area contributed by atoms with Gasteiger partial charge in [0.05, 0.1) is 6.20 Å². The van der Waals surface area contributed by atoms with Crippen LogP contribution in [0.2, 0.25) is 0 Å². The number of aryl methyl sites for hydroxylation is 1. The minimum atomic E-state index is -0.347. The van der Waals surface area contributed by atoms with Crippen molar-refractivity contribution >= 4 is 0 Å². The Morgan fingerprint density at radius 3 is 2.73 bits per heavy atom. The van der Waals surface area contributed by atoms with Gasteiger partial charge in [0.25, 0.3) is 0 Å². The molecule has 0 spiro atoms. The molecular weight excluding hydrogens is 279 g/mol. The monoisotopic (exact) mass is 302 g/mol. The maximum absolute atomic E-state index is 13.8. The first-order valence-corrected chi connectivity index (χ1v) is 7.72. The van der Waals surface area contributed by atoms with E-state index in [1.54, 1.807) is 12.3 Å². The molecule has 0 bridgehead atoms. The van der Waals surface area contributed by atoms with Crippen LogP contribution in [0.4, 0.5) is 4.39 Å². The second kappa shape index (κ2) is 7.36. The fourth-order valence-electron chi connectivity index (χ4n) is 2.42. The Morgan fingerprint density at radius 2 is 2.00 bits per heavy atom. The van der Waals surface area contributed by atoms with E-state index >= 15 is 0 Å². The van der Waals surface area contributed by atoms with Gasteiger partial charge in [0, 0.05) is 25.2 Å². The van der Waals surface area contributed by atoms with Crippen LogP contribution in [-0.2, 0) is 13.0 Å². The van der Waals surface area contributed by atoms with Gasteiger partial charge >= 0.3 is 0 Å². The van der Waals surface area contributed by atoms with E-state index in [1.807, 2.05) is 32.9 Å². The molecule has 1 aliphatic heterocycles. The summed E-state index contributed by atoms with van der Waals surface area (Å²) in [6.07, 6.45) is 2.62. The average molecular weight is 302 g/mol. The fourth-order valence-corrected chi connectivity index (χ4v) is 2.42. The van der Waals surface area contributed by atoms with Crippen molar-refractivity contribution in [2.45, 2.75) is 33.7 Å². The summed E-state index contributed by atoms with van der Waals surface area (Å²) in [4.78, 5) is 6.66. The summed E-state index contributed by atoms with van der Waals surface area (Å²) >= 11 is 0. The maximum atomic E-state index is 13.8. The van der Waals surface area contributed by atoms with Crippen molar-refractivity contribution in [3.05, 3.63) is 53.1 Å². The molecule has 0 saturated heterocycles. The number of aromatic nitrogens is 1. The van der Waals surface area contributed by atoms with Crippen LogP contribution < -0.4 is 4.74 Å². The lowest BCUT2D eigenvalue weighted by atomic mass is 10.1. The van der Waals surface area contributed by atoms with E-state index in [9.17, 15) is 4.39 Å². The Kier molecular flexibility index (Phi) is 5.50. The largest absolute Gasteiger partial charge is 0.453 e. The summed E-state index contributed by atoms with van der Waals surface area (Å²) in [5.41, 5.74) is 3.14. The number of hydrogen-bond acceptors (Lipinski definition) is 3. The zero-order chi connectivity index (χ0) is 16.1. The maximum Gasteiger partial charge on any atom is 0.165 e. The third kappa shape index (κ3) is 3.83. The number of pyridine rings is 1. The standard InChI is InChI=1S/C16H17FN2O.C2H6/c1-11-3-4-16(14(17)7-11)20-13-8-12-10-19(2)6-5-15(12)18-9-13;1-2/h3-4,7-9H,5-6,10H2,1-2H3;1-2H3. The number of ether oxygens (including phenoxy) is 1. The number of rotatable bonds is 2. The van der Waals surface area contributed by atoms with E-state index in [2.05, 4.69) is 16.9 Å². The molecule has 1 aromatic heterocycles. The Hall–Kier alpha value is -1.94. The van der Waals surface area contributed by atoms with Crippen molar-refractivity contribution in [1.29, 1.82) is 0 Å².